The molecule has 0 unspecified atom stereocenters. The van der Waals surface area contributed by atoms with Crippen LogP contribution in [0.2, 0.25) is 0 Å². The predicted molar refractivity (Wildman–Crippen MR) is 134 cm³/mol. The number of pyridine rings is 3. The molecule has 168 valence electrons. The summed E-state index contributed by atoms with van der Waals surface area (Å²) in [6.07, 6.45) is 5.47. The lowest BCUT2D eigenvalue weighted by Crippen LogP contribution is -2.47. The van der Waals surface area contributed by atoms with Crippen molar-refractivity contribution in [3.8, 4) is 45.3 Å². The van der Waals surface area contributed by atoms with Crippen LogP contribution in [0, 0.1) is 0 Å². The van der Waals surface area contributed by atoms with Crippen molar-refractivity contribution in [1.29, 1.82) is 0 Å². The topological polar surface area (TPSA) is 109 Å². The molecule has 0 aliphatic carbocycles. The van der Waals surface area contributed by atoms with Crippen molar-refractivity contribution in [2.75, 3.05) is 0 Å². The van der Waals surface area contributed by atoms with E-state index in [4.69, 9.17) is 9.97 Å². The van der Waals surface area contributed by atoms with Gasteiger partial charge < -0.3 is 5.73 Å². The highest BCUT2D eigenvalue weighted by atomic mass is 15.2. The largest absolute Gasteiger partial charge is 0.354 e. The zero-order valence-electron chi connectivity index (χ0n) is 18.9. The highest BCUT2D eigenvalue weighted by Gasteiger charge is 2.17. The van der Waals surface area contributed by atoms with E-state index in [1.165, 1.54) is 5.56 Å². The van der Waals surface area contributed by atoms with E-state index in [0.717, 1.165) is 45.4 Å². The van der Waals surface area contributed by atoms with Crippen molar-refractivity contribution in [1.82, 2.24) is 25.1 Å². The molecule has 0 aliphatic heterocycles. The van der Waals surface area contributed by atoms with E-state index in [0.29, 0.717) is 17.3 Å². The number of nitrogens with one attached hydrogen (secondary N) is 2. The zero-order valence-corrected chi connectivity index (χ0v) is 18.9. The number of hydrogen-bond donors (Lipinski definition) is 2. The molecule has 6 aromatic rings. The van der Waals surface area contributed by atoms with E-state index in [1.54, 1.807) is 6.20 Å². The van der Waals surface area contributed by atoms with Crippen molar-refractivity contribution in [3.63, 3.8) is 0 Å². The lowest BCUT2D eigenvalue weighted by molar-refractivity contribution is -0.386. The van der Waals surface area contributed by atoms with Gasteiger partial charge in [0.15, 0.2) is 24.0 Å². The van der Waals surface area contributed by atoms with Gasteiger partial charge in [-0.25, -0.2) is 15.0 Å². The number of H-pyrrole nitrogens is 2. The first kappa shape index (κ1) is 20.8. The van der Waals surface area contributed by atoms with Gasteiger partial charge in [-0.2, -0.15) is 5.10 Å². The van der Waals surface area contributed by atoms with E-state index in [1.807, 2.05) is 48.8 Å². The molecule has 0 amide bonds. The molecule has 4 aromatic heterocycles. The fraction of sp³-hybridized carbons (Fsp3) is 0.0357. The first-order chi connectivity index (χ1) is 17.3. The van der Waals surface area contributed by atoms with Crippen molar-refractivity contribution < 1.29 is 10.7 Å². The van der Waals surface area contributed by atoms with Gasteiger partial charge in [-0.3, -0.25) is 10.1 Å². The van der Waals surface area contributed by atoms with Crippen LogP contribution in [0.25, 0.3) is 56.2 Å². The summed E-state index contributed by atoms with van der Waals surface area (Å²) in [7, 11) is 0. The van der Waals surface area contributed by atoms with E-state index >= 15 is 0 Å². The van der Waals surface area contributed by atoms with Gasteiger partial charge in [0.05, 0.1) is 17.8 Å². The average molecular weight is 458 g/mol. The van der Waals surface area contributed by atoms with E-state index in [2.05, 4.69) is 68.4 Å². The van der Waals surface area contributed by atoms with E-state index in [-0.39, 0.29) is 0 Å². The van der Waals surface area contributed by atoms with Gasteiger partial charge in [0.2, 0.25) is 0 Å². The summed E-state index contributed by atoms with van der Waals surface area (Å²) in [5, 5.41) is 8.39. The number of aromatic nitrogens is 6. The first-order valence-electron chi connectivity index (χ1n) is 11.4. The van der Waals surface area contributed by atoms with Crippen LogP contribution in [0.1, 0.15) is 5.56 Å². The zero-order chi connectivity index (χ0) is 23.6. The van der Waals surface area contributed by atoms with Crippen LogP contribution in [0.15, 0.2) is 97.5 Å². The van der Waals surface area contributed by atoms with Crippen molar-refractivity contribution in [3.05, 3.63) is 103 Å². The van der Waals surface area contributed by atoms with Gasteiger partial charge in [-0.1, -0.05) is 54.6 Å². The Morgan fingerprint density at radius 1 is 0.771 bits per heavy atom. The minimum Gasteiger partial charge on any atom is -0.354 e. The molecule has 6 rings (SSSR count). The summed E-state index contributed by atoms with van der Waals surface area (Å²) in [5.74, 6) is 1.22. The summed E-state index contributed by atoms with van der Waals surface area (Å²) in [6.45, 7) is 0.756. The standard InChI is InChI=1S/C28H21N7/c29-17-18-6-8-20(9-7-18)25-22(19-4-2-1-3-5-19)16-23-24(32-25)12-15-31-26(23)28-33-27(34-35-28)21-10-13-30-14-11-21/h1-16H,17,29H2,(H,33,34,35)/p+2. The summed E-state index contributed by atoms with van der Waals surface area (Å²) in [5.41, 5.74) is 11.8. The van der Waals surface area contributed by atoms with E-state index < -0.39 is 0 Å². The van der Waals surface area contributed by atoms with Crippen LogP contribution in [0.4, 0.5) is 0 Å². The monoisotopic (exact) mass is 457 g/mol. The lowest BCUT2D eigenvalue weighted by Gasteiger charge is -2.13. The Bertz CT molecular complexity index is 1610. The molecular weight excluding hydrogens is 434 g/mol. The fourth-order valence-electron chi connectivity index (χ4n) is 4.20. The molecular formula is C28H23N7+2. The maximum absolute atomic E-state index is 5.11. The third-order valence-electron chi connectivity index (χ3n) is 6.03. The number of hydrogen-bond acceptors (Lipinski definition) is 4. The molecule has 0 spiro atoms. The quantitative estimate of drug-likeness (QED) is 0.408. The maximum atomic E-state index is 5.11. The molecule has 0 saturated carbocycles. The van der Waals surface area contributed by atoms with Gasteiger partial charge in [0, 0.05) is 46.0 Å². The summed E-state index contributed by atoms with van der Waals surface area (Å²) in [6, 6.07) is 26.7. The highest BCUT2D eigenvalue weighted by Crippen LogP contribution is 2.35. The first-order valence-corrected chi connectivity index (χ1v) is 11.4. The Balaban J connectivity index is 1.54. The van der Waals surface area contributed by atoms with Gasteiger partial charge in [0.1, 0.15) is 5.69 Å². The molecule has 0 bridgehead atoms. The number of fused-ring (bicyclic) bond motifs is 1. The smallest absolute Gasteiger partial charge is 0.182 e. The predicted octanol–water partition coefficient (Wildman–Crippen LogP) is 3.97. The maximum Gasteiger partial charge on any atom is 0.182 e. The Kier molecular flexibility index (Phi) is 5.29. The SMILES string of the molecule is [NH3+]Cc1ccc(-c2nc3ccnc(-c4nc(-c5cc[nH+]cc5)n[nH]4)c3cc2-c2ccccc2)cc1. The van der Waals surface area contributed by atoms with Crippen LogP contribution in [0.5, 0.6) is 0 Å². The second-order valence-corrected chi connectivity index (χ2v) is 8.22. The molecule has 0 atom stereocenters. The molecule has 5 N–H and O–H groups in total. The van der Waals surface area contributed by atoms with E-state index in [9.17, 15) is 0 Å². The normalized spacial score (nSPS) is 11.1. The number of aromatic amines is 2. The Morgan fingerprint density at radius 3 is 2.34 bits per heavy atom. The fourth-order valence-corrected chi connectivity index (χ4v) is 4.20. The molecule has 7 nitrogen and oxygen atoms in total. The van der Waals surface area contributed by atoms with Gasteiger partial charge in [0.25, 0.3) is 0 Å². The molecule has 4 heterocycles. The Labute approximate surface area is 201 Å². The van der Waals surface area contributed by atoms with Crippen LogP contribution in [-0.2, 0) is 6.54 Å². The second kappa shape index (κ2) is 8.89. The molecule has 0 radical (unpaired) electrons. The Morgan fingerprint density at radius 2 is 1.57 bits per heavy atom. The van der Waals surface area contributed by atoms with Crippen LogP contribution >= 0.6 is 0 Å². The molecule has 0 fully saturated rings. The van der Waals surface area contributed by atoms with Gasteiger partial charge in [-0.15, -0.1) is 0 Å². The minimum absolute atomic E-state index is 0.604. The number of quaternary nitrogens is 1. The molecule has 2 aromatic carbocycles. The van der Waals surface area contributed by atoms with Gasteiger partial charge >= 0.3 is 0 Å². The summed E-state index contributed by atoms with van der Waals surface area (Å²) in [4.78, 5) is 17.5. The summed E-state index contributed by atoms with van der Waals surface area (Å²) >= 11 is 0. The van der Waals surface area contributed by atoms with Crippen LogP contribution < -0.4 is 10.7 Å². The third kappa shape index (κ3) is 3.94. The average Bonchev–Trinajstić information content (AvgIpc) is 3.43. The van der Waals surface area contributed by atoms with Crippen molar-refractivity contribution in [2.24, 2.45) is 0 Å². The number of benzene rings is 2. The van der Waals surface area contributed by atoms with Crippen molar-refractivity contribution in [2.45, 2.75) is 6.54 Å². The number of rotatable bonds is 5. The van der Waals surface area contributed by atoms with Crippen molar-refractivity contribution >= 4 is 10.9 Å². The molecule has 7 heteroatoms. The Hall–Kier alpha value is -4.75. The molecule has 0 saturated heterocycles. The second-order valence-electron chi connectivity index (χ2n) is 8.22. The van der Waals surface area contributed by atoms with Crippen LogP contribution in [0.3, 0.4) is 0 Å². The lowest BCUT2D eigenvalue weighted by atomic mass is 9.96. The minimum atomic E-state index is 0.604. The molecule has 35 heavy (non-hydrogen) atoms. The highest BCUT2D eigenvalue weighted by molar-refractivity contribution is 5.97. The summed E-state index contributed by atoms with van der Waals surface area (Å²) < 4.78 is 0. The molecule has 0 aliphatic rings. The third-order valence-corrected chi connectivity index (χ3v) is 6.03. The van der Waals surface area contributed by atoms with Gasteiger partial charge in [-0.05, 0) is 17.7 Å². The van der Waals surface area contributed by atoms with Crippen LogP contribution in [-0.4, -0.2) is 25.1 Å². The number of nitrogens with zero attached hydrogens (tertiary/aromatic N) is 4.